The normalized spacial score (nSPS) is 11.1. The molecule has 8 heteroatoms. The van der Waals surface area contributed by atoms with Gasteiger partial charge in [0.05, 0.1) is 15.5 Å². The highest BCUT2D eigenvalue weighted by atomic mass is 79.9. The van der Waals surface area contributed by atoms with Crippen LogP contribution in [-0.4, -0.2) is 26.0 Å². The van der Waals surface area contributed by atoms with E-state index in [9.17, 15) is 13.2 Å². The van der Waals surface area contributed by atoms with E-state index in [1.807, 2.05) is 0 Å². The summed E-state index contributed by atoms with van der Waals surface area (Å²) < 4.78 is 26.8. The Morgan fingerprint density at radius 1 is 1.43 bits per heavy atom. The average molecular weight is 395 g/mol. The Morgan fingerprint density at radius 2 is 2.10 bits per heavy atom. The summed E-state index contributed by atoms with van der Waals surface area (Å²) in [7, 11) is -3.80. The number of benzene rings is 1. The maximum absolute atomic E-state index is 12.1. The molecule has 114 valence electrons. The van der Waals surface area contributed by atoms with Crippen molar-refractivity contribution in [2.75, 3.05) is 6.54 Å². The fraction of sp³-hybridized carbons (Fsp3) is 0.308. The average Bonchev–Trinajstić information content (AvgIpc) is 2.40. The number of hydrogen-bond acceptors (Lipinski definition) is 3. The molecule has 0 aliphatic carbocycles. The van der Waals surface area contributed by atoms with Gasteiger partial charge in [-0.15, -0.1) is 12.3 Å². The molecule has 1 aromatic rings. The Kier molecular flexibility index (Phi) is 6.68. The number of hydrogen-bond donors (Lipinski definition) is 2. The lowest BCUT2D eigenvalue weighted by atomic mass is 10.2. The maximum Gasteiger partial charge on any atom is 0.337 e. The number of nitrogens with one attached hydrogen (secondary N) is 1. The van der Waals surface area contributed by atoms with E-state index in [1.165, 1.54) is 6.07 Å². The summed E-state index contributed by atoms with van der Waals surface area (Å²) in [6.45, 7) is 0.229. The molecule has 1 rings (SSSR count). The van der Waals surface area contributed by atoms with Crippen LogP contribution in [0.3, 0.4) is 0 Å². The van der Waals surface area contributed by atoms with Crippen LogP contribution >= 0.6 is 27.5 Å². The molecular weight excluding hydrogens is 382 g/mol. The van der Waals surface area contributed by atoms with Crippen molar-refractivity contribution in [2.24, 2.45) is 0 Å². The largest absolute Gasteiger partial charge is 0.478 e. The van der Waals surface area contributed by atoms with Crippen molar-refractivity contribution in [3.8, 4) is 12.3 Å². The third-order valence-corrected chi connectivity index (χ3v) is 5.28. The van der Waals surface area contributed by atoms with Crippen molar-refractivity contribution in [1.82, 2.24) is 4.72 Å². The number of carbonyl (C=O) groups is 1. The molecule has 21 heavy (non-hydrogen) atoms. The first-order chi connectivity index (χ1) is 9.79. The summed E-state index contributed by atoms with van der Waals surface area (Å²) in [5, 5.41) is 8.97. The van der Waals surface area contributed by atoms with Crippen LogP contribution in [0, 0.1) is 12.3 Å². The molecule has 0 fully saturated rings. The lowest BCUT2D eigenvalue weighted by Gasteiger charge is -2.09. The van der Waals surface area contributed by atoms with Gasteiger partial charge in [-0.3, -0.25) is 0 Å². The van der Waals surface area contributed by atoms with Crippen molar-refractivity contribution >= 4 is 43.5 Å². The highest BCUT2D eigenvalue weighted by Crippen LogP contribution is 2.29. The van der Waals surface area contributed by atoms with E-state index < -0.39 is 16.0 Å². The Labute approximate surface area is 136 Å². The molecular formula is C13H13BrClNO4S. The van der Waals surface area contributed by atoms with Crippen LogP contribution in [0.4, 0.5) is 0 Å². The van der Waals surface area contributed by atoms with Crippen LogP contribution in [0.25, 0.3) is 0 Å². The molecule has 0 aromatic heterocycles. The first kappa shape index (κ1) is 18.0. The van der Waals surface area contributed by atoms with Crippen molar-refractivity contribution in [1.29, 1.82) is 0 Å². The molecule has 0 saturated heterocycles. The Morgan fingerprint density at radius 3 is 2.67 bits per heavy atom. The predicted octanol–water partition coefficient (Wildman–Crippen LogP) is 2.88. The van der Waals surface area contributed by atoms with E-state index in [4.69, 9.17) is 23.1 Å². The van der Waals surface area contributed by atoms with Gasteiger partial charge in [-0.1, -0.05) is 11.6 Å². The molecule has 0 unspecified atom stereocenters. The van der Waals surface area contributed by atoms with Gasteiger partial charge >= 0.3 is 5.97 Å². The third kappa shape index (κ3) is 5.00. The second-order valence-corrected chi connectivity index (χ2v) is 7.13. The molecule has 0 bridgehead atoms. The van der Waals surface area contributed by atoms with Crippen LogP contribution < -0.4 is 4.72 Å². The molecule has 0 aliphatic heterocycles. The predicted molar refractivity (Wildman–Crippen MR) is 84.0 cm³/mol. The van der Waals surface area contributed by atoms with Crippen LogP contribution in [0.1, 0.15) is 29.6 Å². The number of carboxylic acids is 1. The zero-order valence-corrected chi connectivity index (χ0v) is 14.1. The van der Waals surface area contributed by atoms with Gasteiger partial charge in [-0.25, -0.2) is 17.9 Å². The number of rotatable bonds is 7. The summed E-state index contributed by atoms with van der Waals surface area (Å²) in [5.74, 6) is 1.17. The fourth-order valence-electron chi connectivity index (χ4n) is 1.52. The SMILES string of the molecule is C#CCCCCNS(=O)(=O)c1cc(Br)c(Cl)c(C(=O)O)c1. The summed E-state index contributed by atoms with van der Waals surface area (Å²) >= 11 is 8.86. The Hall–Kier alpha value is -1.07. The van der Waals surface area contributed by atoms with Crippen molar-refractivity contribution in [3.63, 3.8) is 0 Å². The van der Waals surface area contributed by atoms with Crippen molar-refractivity contribution in [2.45, 2.75) is 24.2 Å². The van der Waals surface area contributed by atoms with Gasteiger partial charge in [0.2, 0.25) is 10.0 Å². The van der Waals surface area contributed by atoms with Crippen LogP contribution in [0.2, 0.25) is 5.02 Å². The van der Waals surface area contributed by atoms with E-state index in [0.29, 0.717) is 19.3 Å². The fourth-order valence-corrected chi connectivity index (χ4v) is 3.44. The standard InChI is InChI=1S/C13H13BrClNO4S/c1-2-3-4-5-6-16-21(19,20)9-7-10(13(17)18)12(15)11(14)8-9/h1,7-8,16H,3-6H2,(H,17,18). The topological polar surface area (TPSA) is 83.5 Å². The Balaban J connectivity index is 2.94. The number of aromatic carboxylic acids is 1. The highest BCUT2D eigenvalue weighted by molar-refractivity contribution is 9.10. The molecule has 0 aliphatic rings. The molecule has 0 radical (unpaired) electrons. The maximum atomic E-state index is 12.1. The monoisotopic (exact) mass is 393 g/mol. The van der Waals surface area contributed by atoms with Crippen LogP contribution in [0.15, 0.2) is 21.5 Å². The minimum Gasteiger partial charge on any atom is -0.478 e. The smallest absolute Gasteiger partial charge is 0.337 e. The zero-order valence-electron chi connectivity index (χ0n) is 10.9. The Bertz CT molecular complexity index is 682. The second kappa shape index (κ2) is 7.80. The quantitative estimate of drug-likeness (QED) is 0.550. The first-order valence-corrected chi connectivity index (χ1v) is 8.60. The number of halogens is 2. The molecule has 2 N–H and O–H groups in total. The van der Waals surface area contributed by atoms with Gasteiger partial charge in [-0.05, 0) is 40.9 Å². The number of sulfonamides is 1. The molecule has 0 heterocycles. The third-order valence-electron chi connectivity index (χ3n) is 2.58. The van der Waals surface area contributed by atoms with Gasteiger partial charge in [0.25, 0.3) is 0 Å². The summed E-state index contributed by atoms with van der Waals surface area (Å²) in [4.78, 5) is 10.9. The van der Waals surface area contributed by atoms with Gasteiger partial charge in [0, 0.05) is 17.4 Å². The van der Waals surface area contributed by atoms with E-state index in [2.05, 4.69) is 26.6 Å². The van der Waals surface area contributed by atoms with Crippen LogP contribution in [0.5, 0.6) is 0 Å². The molecule has 0 saturated carbocycles. The lowest BCUT2D eigenvalue weighted by Crippen LogP contribution is -2.25. The van der Waals surface area contributed by atoms with E-state index in [1.54, 1.807) is 0 Å². The van der Waals surface area contributed by atoms with Crippen molar-refractivity contribution in [3.05, 3.63) is 27.2 Å². The zero-order chi connectivity index (χ0) is 16.0. The first-order valence-electron chi connectivity index (χ1n) is 5.95. The van der Waals surface area contributed by atoms with Crippen LogP contribution in [-0.2, 0) is 10.0 Å². The van der Waals surface area contributed by atoms with Gasteiger partial charge < -0.3 is 5.11 Å². The second-order valence-electron chi connectivity index (χ2n) is 4.13. The van der Waals surface area contributed by atoms with E-state index in [0.717, 1.165) is 6.07 Å². The summed E-state index contributed by atoms with van der Waals surface area (Å²) in [6, 6.07) is 2.29. The number of unbranched alkanes of at least 4 members (excludes halogenated alkanes) is 2. The van der Waals surface area contributed by atoms with Gasteiger partial charge in [-0.2, -0.15) is 0 Å². The summed E-state index contributed by atoms with van der Waals surface area (Å²) in [6.07, 6.45) is 7.00. The molecule has 0 spiro atoms. The van der Waals surface area contributed by atoms with Gasteiger partial charge in [0.1, 0.15) is 0 Å². The van der Waals surface area contributed by atoms with E-state index in [-0.39, 0.29) is 26.5 Å². The molecule has 0 atom stereocenters. The molecule has 0 amide bonds. The van der Waals surface area contributed by atoms with E-state index >= 15 is 0 Å². The minimum atomic E-state index is -3.80. The lowest BCUT2D eigenvalue weighted by molar-refractivity contribution is 0.0696. The summed E-state index contributed by atoms with van der Waals surface area (Å²) in [5.41, 5.74) is -0.279. The molecule has 5 nitrogen and oxygen atoms in total. The van der Waals surface area contributed by atoms with Gasteiger partial charge in [0.15, 0.2) is 0 Å². The highest BCUT2D eigenvalue weighted by Gasteiger charge is 2.20. The molecule has 1 aromatic carbocycles. The van der Waals surface area contributed by atoms with Crippen molar-refractivity contribution < 1.29 is 18.3 Å². The number of carboxylic acid groups (broad SMARTS) is 1. The number of terminal acetylenes is 1. The minimum absolute atomic E-state index is 0.0459.